The third-order valence-corrected chi connectivity index (χ3v) is 2.51. The summed E-state index contributed by atoms with van der Waals surface area (Å²) < 4.78 is 0.917. The maximum Gasteiger partial charge on any atom is 0.0641 e. The Labute approximate surface area is 90.4 Å². The van der Waals surface area contributed by atoms with Gasteiger partial charge in [0.25, 0.3) is 0 Å². The van der Waals surface area contributed by atoms with Crippen molar-refractivity contribution < 1.29 is 0 Å². The number of nitrogens with two attached hydrogens (primary N) is 1. The normalized spacial score (nSPS) is 12.2. The molecule has 1 aromatic carbocycles. The molecule has 4 heteroatoms. The molecular formula is C9H8BrClN2. The molecule has 0 saturated carbocycles. The minimum Gasteiger partial charge on any atom is -0.323 e. The van der Waals surface area contributed by atoms with Gasteiger partial charge in [0.2, 0.25) is 0 Å². The molecule has 2 N–H and O–H groups in total. The van der Waals surface area contributed by atoms with Crippen LogP contribution in [0.3, 0.4) is 0 Å². The largest absolute Gasteiger partial charge is 0.323 e. The fraction of sp³-hybridized carbons (Fsp3) is 0.222. The zero-order valence-electron chi connectivity index (χ0n) is 6.80. The van der Waals surface area contributed by atoms with Crippen LogP contribution >= 0.6 is 27.5 Å². The zero-order valence-corrected chi connectivity index (χ0v) is 9.14. The van der Waals surface area contributed by atoms with Crippen LogP contribution in [0.4, 0.5) is 0 Å². The van der Waals surface area contributed by atoms with Crippen molar-refractivity contribution in [3.63, 3.8) is 0 Å². The Kier molecular flexibility index (Phi) is 3.73. The molecule has 0 aromatic heterocycles. The molecule has 0 heterocycles. The first kappa shape index (κ1) is 10.5. The van der Waals surface area contributed by atoms with Crippen LogP contribution in [0.2, 0.25) is 5.02 Å². The van der Waals surface area contributed by atoms with Gasteiger partial charge in [-0.05, 0) is 23.8 Å². The molecule has 13 heavy (non-hydrogen) atoms. The van der Waals surface area contributed by atoms with Gasteiger partial charge in [-0.2, -0.15) is 5.26 Å². The predicted molar refractivity (Wildman–Crippen MR) is 56.3 cm³/mol. The summed E-state index contributed by atoms with van der Waals surface area (Å²) in [4.78, 5) is 0. The zero-order chi connectivity index (χ0) is 9.84. The molecule has 0 fully saturated rings. The van der Waals surface area contributed by atoms with Gasteiger partial charge in [-0.1, -0.05) is 27.5 Å². The molecule has 0 aliphatic rings. The molecule has 0 bridgehead atoms. The van der Waals surface area contributed by atoms with Crippen LogP contribution in [0.25, 0.3) is 0 Å². The molecular weight excluding hydrogens is 251 g/mol. The van der Waals surface area contributed by atoms with Gasteiger partial charge >= 0.3 is 0 Å². The van der Waals surface area contributed by atoms with E-state index >= 15 is 0 Å². The fourth-order valence-corrected chi connectivity index (χ4v) is 1.64. The second-order valence-corrected chi connectivity index (χ2v) is 3.96. The second kappa shape index (κ2) is 4.61. The van der Waals surface area contributed by atoms with Crippen LogP contribution in [0.5, 0.6) is 0 Å². The quantitative estimate of drug-likeness (QED) is 0.887. The van der Waals surface area contributed by atoms with E-state index in [1.165, 1.54) is 0 Å². The Morgan fingerprint density at radius 1 is 1.62 bits per heavy atom. The van der Waals surface area contributed by atoms with Gasteiger partial charge in [-0.25, -0.2) is 0 Å². The minimum absolute atomic E-state index is 0.274. The maximum atomic E-state index is 8.47. The molecule has 68 valence electrons. The monoisotopic (exact) mass is 258 g/mol. The van der Waals surface area contributed by atoms with Crippen LogP contribution in [-0.4, -0.2) is 0 Å². The lowest BCUT2D eigenvalue weighted by atomic mass is 10.1. The number of benzene rings is 1. The summed E-state index contributed by atoms with van der Waals surface area (Å²) in [6, 6.07) is 7.14. The van der Waals surface area contributed by atoms with Crippen LogP contribution in [0.1, 0.15) is 18.0 Å². The third-order valence-electron chi connectivity index (χ3n) is 1.67. The highest BCUT2D eigenvalue weighted by atomic mass is 79.9. The average Bonchev–Trinajstić information content (AvgIpc) is 2.09. The van der Waals surface area contributed by atoms with E-state index in [0.717, 1.165) is 10.0 Å². The van der Waals surface area contributed by atoms with E-state index in [1.54, 1.807) is 6.07 Å². The van der Waals surface area contributed by atoms with Crippen molar-refractivity contribution in [1.29, 1.82) is 5.26 Å². The Bertz CT molecular complexity index is 346. The predicted octanol–water partition coefficient (Wildman–Crippen LogP) is 3.02. The summed E-state index contributed by atoms with van der Waals surface area (Å²) in [6.45, 7) is 0. The summed E-state index contributed by atoms with van der Waals surface area (Å²) in [5, 5.41) is 9.08. The van der Waals surface area contributed by atoms with Crippen LogP contribution in [0, 0.1) is 11.3 Å². The van der Waals surface area contributed by atoms with Crippen molar-refractivity contribution in [2.24, 2.45) is 5.73 Å². The van der Waals surface area contributed by atoms with Gasteiger partial charge in [-0.3, -0.25) is 0 Å². The summed E-state index contributed by atoms with van der Waals surface area (Å²) in [6.07, 6.45) is 0.274. The van der Waals surface area contributed by atoms with Gasteiger partial charge < -0.3 is 5.73 Å². The lowest BCUT2D eigenvalue weighted by Crippen LogP contribution is -2.09. The van der Waals surface area contributed by atoms with Crippen LogP contribution in [-0.2, 0) is 0 Å². The number of halogens is 2. The van der Waals surface area contributed by atoms with Crippen molar-refractivity contribution in [2.45, 2.75) is 12.5 Å². The molecule has 0 aliphatic heterocycles. The molecule has 1 aromatic rings. The summed E-state index contributed by atoms with van der Waals surface area (Å²) in [7, 11) is 0. The van der Waals surface area contributed by atoms with Gasteiger partial charge in [0.15, 0.2) is 0 Å². The first-order valence-corrected chi connectivity index (χ1v) is 4.89. The molecule has 0 saturated heterocycles. The number of nitriles is 1. The fourth-order valence-electron chi connectivity index (χ4n) is 1.01. The Morgan fingerprint density at radius 3 is 2.92 bits per heavy atom. The Morgan fingerprint density at radius 2 is 2.31 bits per heavy atom. The number of nitrogens with zero attached hydrogens (tertiary/aromatic N) is 1. The lowest BCUT2D eigenvalue weighted by Gasteiger charge is -2.10. The van der Waals surface area contributed by atoms with Gasteiger partial charge in [-0.15, -0.1) is 0 Å². The molecule has 1 atom stereocenters. The first-order valence-electron chi connectivity index (χ1n) is 3.72. The van der Waals surface area contributed by atoms with E-state index in [-0.39, 0.29) is 12.5 Å². The second-order valence-electron chi connectivity index (χ2n) is 2.63. The molecule has 1 rings (SSSR count). The summed E-state index contributed by atoms with van der Waals surface area (Å²) >= 11 is 9.24. The minimum atomic E-state index is -0.310. The molecule has 0 unspecified atom stereocenters. The van der Waals surface area contributed by atoms with E-state index in [4.69, 9.17) is 22.6 Å². The standard InChI is InChI=1S/C9H8BrClN2/c10-6-1-2-8(11)7(5-6)9(13)3-4-12/h1-2,5,9H,3,13H2/t9-/m0/s1. The highest BCUT2D eigenvalue weighted by molar-refractivity contribution is 9.10. The molecule has 0 radical (unpaired) electrons. The van der Waals surface area contributed by atoms with Crippen molar-refractivity contribution in [3.8, 4) is 6.07 Å². The van der Waals surface area contributed by atoms with E-state index in [2.05, 4.69) is 15.9 Å². The summed E-state index contributed by atoms with van der Waals surface area (Å²) in [5.74, 6) is 0. The molecule has 2 nitrogen and oxygen atoms in total. The van der Waals surface area contributed by atoms with Crippen molar-refractivity contribution in [3.05, 3.63) is 33.3 Å². The van der Waals surface area contributed by atoms with E-state index in [9.17, 15) is 0 Å². The van der Waals surface area contributed by atoms with Crippen LogP contribution in [0.15, 0.2) is 22.7 Å². The topological polar surface area (TPSA) is 49.8 Å². The SMILES string of the molecule is N#CC[C@H](N)c1cc(Br)ccc1Cl. The molecule has 0 spiro atoms. The van der Waals surface area contributed by atoms with Gasteiger partial charge in [0.1, 0.15) is 0 Å². The molecule has 0 amide bonds. The third kappa shape index (κ3) is 2.70. The lowest BCUT2D eigenvalue weighted by molar-refractivity contribution is 0.748. The van der Waals surface area contributed by atoms with E-state index < -0.39 is 0 Å². The number of hydrogen-bond acceptors (Lipinski definition) is 2. The van der Waals surface area contributed by atoms with E-state index in [1.807, 2.05) is 18.2 Å². The maximum absolute atomic E-state index is 8.47. The summed E-state index contributed by atoms with van der Waals surface area (Å²) in [5.41, 5.74) is 6.55. The van der Waals surface area contributed by atoms with E-state index in [0.29, 0.717) is 5.02 Å². The smallest absolute Gasteiger partial charge is 0.0641 e. The van der Waals surface area contributed by atoms with Crippen molar-refractivity contribution in [2.75, 3.05) is 0 Å². The highest BCUT2D eigenvalue weighted by Gasteiger charge is 2.09. The first-order chi connectivity index (χ1) is 6.15. The van der Waals surface area contributed by atoms with Gasteiger partial charge in [0.05, 0.1) is 12.5 Å². The Balaban J connectivity index is 3.00. The Hall–Kier alpha value is -0.560. The van der Waals surface area contributed by atoms with Gasteiger partial charge in [0, 0.05) is 15.5 Å². The average molecular weight is 260 g/mol. The van der Waals surface area contributed by atoms with Crippen molar-refractivity contribution >= 4 is 27.5 Å². The number of rotatable bonds is 2. The molecule has 0 aliphatic carbocycles. The van der Waals surface area contributed by atoms with Crippen molar-refractivity contribution in [1.82, 2.24) is 0 Å². The van der Waals surface area contributed by atoms with Crippen LogP contribution < -0.4 is 5.73 Å². The number of hydrogen-bond donors (Lipinski definition) is 1. The highest BCUT2D eigenvalue weighted by Crippen LogP contribution is 2.26.